The smallest absolute Gasteiger partial charge is 0.231 e. The third kappa shape index (κ3) is 3.18. The van der Waals surface area contributed by atoms with Crippen molar-refractivity contribution in [1.29, 1.82) is 0 Å². The Labute approximate surface area is 171 Å². The molecule has 3 aromatic rings. The van der Waals surface area contributed by atoms with Crippen molar-refractivity contribution in [2.45, 2.75) is 12.6 Å². The molecule has 6 nitrogen and oxygen atoms in total. The molecule has 0 spiro atoms. The van der Waals surface area contributed by atoms with Crippen molar-refractivity contribution in [3.63, 3.8) is 0 Å². The Kier molecular flexibility index (Phi) is 4.52. The second-order valence-corrected chi connectivity index (χ2v) is 7.90. The minimum atomic E-state index is -0.256. The minimum Gasteiger partial charge on any atom is -0.492 e. The largest absolute Gasteiger partial charge is 0.492 e. The van der Waals surface area contributed by atoms with E-state index in [9.17, 15) is 4.39 Å². The molecule has 0 radical (unpaired) electrons. The van der Waals surface area contributed by atoms with Gasteiger partial charge in [-0.1, -0.05) is 0 Å². The summed E-state index contributed by atoms with van der Waals surface area (Å²) >= 11 is 1.52. The van der Waals surface area contributed by atoms with Crippen LogP contribution in [0, 0.1) is 5.82 Å². The monoisotopic (exact) mass is 413 g/mol. The van der Waals surface area contributed by atoms with E-state index in [0.29, 0.717) is 11.5 Å². The van der Waals surface area contributed by atoms with E-state index in [1.54, 1.807) is 19.2 Å². The average molecular weight is 413 g/mol. The van der Waals surface area contributed by atoms with Gasteiger partial charge in [-0.2, -0.15) is 0 Å². The Morgan fingerprint density at radius 3 is 2.90 bits per heavy atom. The highest BCUT2D eigenvalue weighted by molar-refractivity contribution is 7.14. The van der Waals surface area contributed by atoms with Crippen LogP contribution >= 0.6 is 11.3 Å². The lowest BCUT2D eigenvalue weighted by molar-refractivity contribution is 0.170. The number of nitrogens with zero attached hydrogens (tertiary/aromatic N) is 2. The lowest BCUT2D eigenvalue weighted by atomic mass is 9.95. The number of anilines is 1. The van der Waals surface area contributed by atoms with E-state index in [4.69, 9.17) is 19.2 Å². The number of ether oxygens (including phenoxy) is 3. The summed E-state index contributed by atoms with van der Waals surface area (Å²) in [5.74, 6) is 1.83. The van der Waals surface area contributed by atoms with Gasteiger partial charge in [-0.15, -0.1) is 11.3 Å². The number of halogens is 1. The van der Waals surface area contributed by atoms with Crippen LogP contribution in [0.15, 0.2) is 35.7 Å². The fourth-order valence-electron chi connectivity index (χ4n) is 3.83. The summed E-state index contributed by atoms with van der Waals surface area (Å²) in [6.07, 6.45) is 0.783. The third-order valence-electron chi connectivity index (χ3n) is 5.30. The predicted molar refractivity (Wildman–Crippen MR) is 109 cm³/mol. The highest BCUT2D eigenvalue weighted by atomic mass is 32.1. The van der Waals surface area contributed by atoms with Gasteiger partial charge in [0.15, 0.2) is 16.6 Å². The summed E-state index contributed by atoms with van der Waals surface area (Å²) in [7, 11) is 3.72. The molecule has 0 saturated carbocycles. The van der Waals surface area contributed by atoms with Crippen molar-refractivity contribution in [3.8, 4) is 28.5 Å². The average Bonchev–Trinajstić information content (AvgIpc) is 3.38. The van der Waals surface area contributed by atoms with Gasteiger partial charge >= 0.3 is 0 Å². The summed E-state index contributed by atoms with van der Waals surface area (Å²) in [4.78, 5) is 6.93. The molecule has 8 heteroatoms. The molecule has 1 atom stereocenters. The van der Waals surface area contributed by atoms with Crippen LogP contribution in [0.3, 0.4) is 0 Å². The molecular formula is C21H20FN3O3S. The lowest BCUT2D eigenvalue weighted by Crippen LogP contribution is -2.37. The topological polar surface area (TPSA) is 55.9 Å². The van der Waals surface area contributed by atoms with Crippen molar-refractivity contribution in [2.75, 3.05) is 32.8 Å². The molecule has 0 bridgehead atoms. The first-order valence-corrected chi connectivity index (χ1v) is 10.2. The SMILES string of the molecule is COc1c2c(cc3c1[C@H](Nc1nc(-c4ccc(F)cc4)cs1)N(C)CC3)OCO2. The van der Waals surface area contributed by atoms with E-state index in [1.807, 2.05) is 11.4 Å². The Balaban J connectivity index is 1.49. The molecule has 0 aliphatic carbocycles. The van der Waals surface area contributed by atoms with Gasteiger partial charge in [-0.3, -0.25) is 4.90 Å². The molecule has 3 heterocycles. The van der Waals surface area contributed by atoms with Gasteiger partial charge in [0, 0.05) is 23.1 Å². The maximum atomic E-state index is 13.2. The summed E-state index contributed by atoms with van der Waals surface area (Å²) < 4.78 is 30.2. The predicted octanol–water partition coefficient (Wildman–Crippen LogP) is 4.29. The van der Waals surface area contributed by atoms with E-state index < -0.39 is 0 Å². The number of aromatic nitrogens is 1. The van der Waals surface area contributed by atoms with Crippen LogP contribution in [0.2, 0.25) is 0 Å². The maximum Gasteiger partial charge on any atom is 0.231 e. The zero-order valence-electron chi connectivity index (χ0n) is 16.1. The van der Waals surface area contributed by atoms with Crippen molar-refractivity contribution in [2.24, 2.45) is 0 Å². The molecule has 0 amide bonds. The van der Waals surface area contributed by atoms with Crippen LogP contribution < -0.4 is 19.5 Å². The molecule has 2 aromatic carbocycles. The van der Waals surface area contributed by atoms with Crippen LogP contribution in [0.4, 0.5) is 9.52 Å². The van der Waals surface area contributed by atoms with Crippen molar-refractivity contribution in [1.82, 2.24) is 9.88 Å². The maximum absolute atomic E-state index is 13.2. The molecule has 150 valence electrons. The molecule has 2 aliphatic heterocycles. The molecule has 1 aromatic heterocycles. The first-order chi connectivity index (χ1) is 14.1. The molecule has 0 unspecified atom stereocenters. The van der Waals surface area contributed by atoms with Gasteiger partial charge in [0.05, 0.1) is 12.8 Å². The molecule has 1 N–H and O–H groups in total. The second-order valence-electron chi connectivity index (χ2n) is 7.04. The molecule has 0 saturated heterocycles. The number of hydrogen-bond acceptors (Lipinski definition) is 7. The third-order valence-corrected chi connectivity index (χ3v) is 6.07. The Morgan fingerprint density at radius 1 is 1.28 bits per heavy atom. The molecule has 2 aliphatic rings. The van der Waals surface area contributed by atoms with E-state index in [0.717, 1.165) is 40.7 Å². The number of nitrogens with one attached hydrogen (secondary N) is 1. The molecule has 0 fully saturated rings. The highest BCUT2D eigenvalue weighted by Gasteiger charge is 2.34. The first-order valence-electron chi connectivity index (χ1n) is 9.31. The van der Waals surface area contributed by atoms with Crippen LogP contribution in [-0.4, -0.2) is 37.4 Å². The number of thiazole rings is 1. The number of hydrogen-bond donors (Lipinski definition) is 1. The van der Waals surface area contributed by atoms with E-state index in [-0.39, 0.29) is 18.8 Å². The molecule has 5 rings (SSSR count). The number of methoxy groups -OCH3 is 1. The summed E-state index contributed by atoms with van der Waals surface area (Å²) in [5.41, 5.74) is 3.92. The van der Waals surface area contributed by atoms with Crippen molar-refractivity contribution in [3.05, 3.63) is 52.7 Å². The summed E-state index contributed by atoms with van der Waals surface area (Å²) in [6.45, 7) is 1.10. The van der Waals surface area contributed by atoms with Gasteiger partial charge in [0.25, 0.3) is 0 Å². The highest BCUT2D eigenvalue weighted by Crippen LogP contribution is 2.49. The molecule has 29 heavy (non-hydrogen) atoms. The Hall–Kier alpha value is -2.84. The second kappa shape index (κ2) is 7.20. The summed E-state index contributed by atoms with van der Waals surface area (Å²) in [5, 5.41) is 6.29. The quantitative estimate of drug-likeness (QED) is 0.689. The first kappa shape index (κ1) is 18.2. The van der Waals surface area contributed by atoms with E-state index in [2.05, 4.69) is 17.3 Å². The van der Waals surface area contributed by atoms with Crippen molar-refractivity contribution < 1.29 is 18.6 Å². The van der Waals surface area contributed by atoms with Gasteiger partial charge in [-0.25, -0.2) is 9.37 Å². The van der Waals surface area contributed by atoms with Gasteiger partial charge in [0.1, 0.15) is 12.0 Å². The zero-order valence-corrected chi connectivity index (χ0v) is 16.9. The van der Waals surface area contributed by atoms with Gasteiger partial charge in [0.2, 0.25) is 12.5 Å². The summed E-state index contributed by atoms with van der Waals surface area (Å²) in [6, 6.07) is 8.41. The minimum absolute atomic E-state index is 0.115. The number of fused-ring (bicyclic) bond motifs is 2. The Bertz CT molecular complexity index is 1050. The van der Waals surface area contributed by atoms with Crippen LogP contribution in [0.1, 0.15) is 17.3 Å². The van der Waals surface area contributed by atoms with E-state index >= 15 is 0 Å². The van der Waals surface area contributed by atoms with Gasteiger partial charge in [-0.05, 0) is 49.4 Å². The normalized spacial score (nSPS) is 17.8. The fraction of sp³-hybridized carbons (Fsp3) is 0.286. The van der Waals surface area contributed by atoms with Crippen molar-refractivity contribution >= 4 is 16.5 Å². The van der Waals surface area contributed by atoms with Gasteiger partial charge < -0.3 is 19.5 Å². The van der Waals surface area contributed by atoms with Crippen LogP contribution in [0.5, 0.6) is 17.2 Å². The number of likely N-dealkylation sites (N-methyl/N-ethyl adjacent to an activating group) is 1. The van der Waals surface area contributed by atoms with E-state index in [1.165, 1.54) is 29.0 Å². The van der Waals surface area contributed by atoms with Crippen LogP contribution in [-0.2, 0) is 6.42 Å². The number of rotatable bonds is 4. The Morgan fingerprint density at radius 2 is 2.10 bits per heavy atom. The number of benzene rings is 2. The lowest BCUT2D eigenvalue weighted by Gasteiger charge is -2.36. The van der Waals surface area contributed by atoms with Crippen LogP contribution in [0.25, 0.3) is 11.3 Å². The standard InChI is InChI=1S/C21H20FN3O3S/c1-25-8-7-13-9-16-18(28-11-27-16)19(26-2)17(13)20(25)24-21-23-15(10-29-21)12-3-5-14(22)6-4-12/h3-6,9-10,20H,7-8,11H2,1-2H3,(H,23,24)/t20-/m1/s1. The fourth-order valence-corrected chi connectivity index (χ4v) is 4.57. The molecular weight excluding hydrogens is 393 g/mol. The zero-order chi connectivity index (χ0) is 20.0.